The molecule has 51 heavy (non-hydrogen) atoms. The van der Waals surface area contributed by atoms with Gasteiger partial charge in [-0.15, -0.1) is 0 Å². The molecule has 0 fully saturated rings. The summed E-state index contributed by atoms with van der Waals surface area (Å²) >= 11 is 0. The fourth-order valence-corrected chi connectivity index (χ4v) is 9.60. The van der Waals surface area contributed by atoms with Gasteiger partial charge in [-0.3, -0.25) is 0 Å². The summed E-state index contributed by atoms with van der Waals surface area (Å²) < 4.78 is 0. The van der Waals surface area contributed by atoms with Crippen molar-refractivity contribution in [1.29, 1.82) is 0 Å². The Bertz CT molecular complexity index is 3050. The van der Waals surface area contributed by atoms with Crippen LogP contribution in [-0.2, 0) is 5.41 Å². The molecule has 0 saturated heterocycles. The molecular weight excluding hydrogens is 613 g/mol. The standard InChI is InChI=1S/C51H34/c1-51(2)45-30-44(36-19-6-8-20-37(36)48(45)49-38-21-9-5-17-34(38)35-18-7-14-26-43(35)50(49)51)47-41-24-12-10-22-39(41)46(40-23-11-13-25-42(40)47)33-28-27-31-15-3-4-16-32(31)29-33/h3-30H,1-2H3. The van der Waals surface area contributed by atoms with Gasteiger partial charge in [0.25, 0.3) is 0 Å². The smallest absolute Gasteiger partial charge is 0.0165 e. The van der Waals surface area contributed by atoms with Gasteiger partial charge in [0.1, 0.15) is 0 Å². The Kier molecular flexibility index (Phi) is 5.82. The maximum atomic E-state index is 2.56. The van der Waals surface area contributed by atoms with Crippen LogP contribution < -0.4 is 0 Å². The van der Waals surface area contributed by atoms with Gasteiger partial charge in [0, 0.05) is 5.41 Å². The zero-order valence-electron chi connectivity index (χ0n) is 28.7. The molecule has 238 valence electrons. The second-order valence-electron chi connectivity index (χ2n) is 14.8. The van der Waals surface area contributed by atoms with E-state index in [2.05, 4.69) is 184 Å². The Morgan fingerprint density at radius 2 is 0.745 bits per heavy atom. The van der Waals surface area contributed by atoms with E-state index in [9.17, 15) is 0 Å². The summed E-state index contributed by atoms with van der Waals surface area (Å²) in [4.78, 5) is 0. The van der Waals surface area contributed by atoms with E-state index in [1.807, 2.05) is 0 Å². The second kappa shape index (κ2) is 10.4. The SMILES string of the molecule is CC1(C)c2cc(-c3c4ccccc4c(-c4ccc5ccccc5c4)c4ccccc34)c3ccccc3c2-c2c1c1ccccc1c1ccccc21. The molecule has 10 aromatic carbocycles. The summed E-state index contributed by atoms with van der Waals surface area (Å²) in [6.45, 7) is 4.88. The van der Waals surface area contributed by atoms with Crippen molar-refractivity contribution in [2.45, 2.75) is 19.3 Å². The predicted molar refractivity (Wildman–Crippen MR) is 220 cm³/mol. The Balaban J connectivity index is 1.29. The van der Waals surface area contributed by atoms with Gasteiger partial charge >= 0.3 is 0 Å². The van der Waals surface area contributed by atoms with Crippen LogP contribution in [0, 0.1) is 0 Å². The average molecular weight is 647 g/mol. The van der Waals surface area contributed by atoms with Gasteiger partial charge in [-0.25, -0.2) is 0 Å². The van der Waals surface area contributed by atoms with Crippen LogP contribution in [0.4, 0.5) is 0 Å². The number of fused-ring (bicyclic) bond motifs is 13. The van der Waals surface area contributed by atoms with Gasteiger partial charge in [0.15, 0.2) is 0 Å². The Morgan fingerprint density at radius 1 is 0.314 bits per heavy atom. The normalized spacial score (nSPS) is 13.5. The maximum absolute atomic E-state index is 2.56. The van der Waals surface area contributed by atoms with Gasteiger partial charge in [0.05, 0.1) is 0 Å². The van der Waals surface area contributed by atoms with Crippen LogP contribution in [-0.4, -0.2) is 0 Å². The lowest BCUT2D eigenvalue weighted by Gasteiger charge is -2.25. The lowest BCUT2D eigenvalue weighted by atomic mass is 9.77. The van der Waals surface area contributed by atoms with Crippen molar-refractivity contribution in [2.75, 3.05) is 0 Å². The predicted octanol–water partition coefficient (Wildman–Crippen LogP) is 14.2. The lowest BCUT2D eigenvalue weighted by Crippen LogP contribution is -2.16. The first-order valence-corrected chi connectivity index (χ1v) is 18.0. The van der Waals surface area contributed by atoms with Crippen molar-refractivity contribution in [3.63, 3.8) is 0 Å². The number of hydrogen-bond donors (Lipinski definition) is 0. The number of benzene rings is 10. The summed E-state index contributed by atoms with van der Waals surface area (Å²) in [6.07, 6.45) is 0. The fraction of sp³-hybridized carbons (Fsp3) is 0.0588. The molecule has 0 saturated carbocycles. The molecule has 11 rings (SSSR count). The van der Waals surface area contributed by atoms with Crippen molar-refractivity contribution in [1.82, 2.24) is 0 Å². The first-order valence-electron chi connectivity index (χ1n) is 18.0. The van der Waals surface area contributed by atoms with Crippen molar-refractivity contribution < 1.29 is 0 Å². The Labute approximate surface area is 297 Å². The molecule has 0 aromatic heterocycles. The van der Waals surface area contributed by atoms with E-state index in [4.69, 9.17) is 0 Å². The largest absolute Gasteiger partial charge is 0.0616 e. The van der Waals surface area contributed by atoms with E-state index >= 15 is 0 Å². The van der Waals surface area contributed by atoms with Gasteiger partial charge in [-0.05, 0) is 121 Å². The zero-order valence-corrected chi connectivity index (χ0v) is 28.7. The van der Waals surface area contributed by atoms with Crippen LogP contribution in [0.3, 0.4) is 0 Å². The molecule has 0 heterocycles. The third kappa shape index (κ3) is 3.85. The minimum absolute atomic E-state index is 0.205. The van der Waals surface area contributed by atoms with Gasteiger partial charge in [0.2, 0.25) is 0 Å². The minimum atomic E-state index is -0.205. The molecule has 0 aliphatic heterocycles. The summed E-state index contributed by atoms with van der Waals surface area (Å²) in [5.41, 5.74) is 10.6. The topological polar surface area (TPSA) is 0 Å². The van der Waals surface area contributed by atoms with Crippen LogP contribution in [0.15, 0.2) is 170 Å². The maximum Gasteiger partial charge on any atom is 0.0165 e. The minimum Gasteiger partial charge on any atom is -0.0616 e. The molecule has 0 bridgehead atoms. The zero-order chi connectivity index (χ0) is 33.8. The summed E-state index contributed by atoms with van der Waals surface area (Å²) in [6, 6.07) is 63.5. The van der Waals surface area contributed by atoms with Gasteiger partial charge in [-0.2, -0.15) is 0 Å². The molecule has 0 amide bonds. The third-order valence-corrected chi connectivity index (χ3v) is 11.8. The molecule has 0 unspecified atom stereocenters. The molecule has 0 radical (unpaired) electrons. The van der Waals surface area contributed by atoms with Crippen LogP contribution in [0.5, 0.6) is 0 Å². The molecule has 0 N–H and O–H groups in total. The van der Waals surface area contributed by atoms with Crippen LogP contribution in [0.2, 0.25) is 0 Å². The summed E-state index contributed by atoms with van der Waals surface area (Å²) in [5.74, 6) is 0. The first-order chi connectivity index (χ1) is 25.1. The van der Waals surface area contributed by atoms with Crippen molar-refractivity contribution >= 4 is 64.6 Å². The monoisotopic (exact) mass is 646 g/mol. The molecule has 0 spiro atoms. The molecule has 0 nitrogen and oxygen atoms in total. The summed E-state index contributed by atoms with van der Waals surface area (Å²) in [5, 5.41) is 15.6. The number of rotatable bonds is 2. The van der Waals surface area contributed by atoms with Gasteiger partial charge in [-0.1, -0.05) is 172 Å². The molecule has 0 atom stereocenters. The quantitative estimate of drug-likeness (QED) is 0.129. The average Bonchev–Trinajstić information content (AvgIpc) is 3.43. The highest BCUT2D eigenvalue weighted by Crippen LogP contribution is 2.58. The Hall–Kier alpha value is -6.24. The lowest BCUT2D eigenvalue weighted by molar-refractivity contribution is 0.667. The third-order valence-electron chi connectivity index (χ3n) is 11.8. The van der Waals surface area contributed by atoms with E-state index in [-0.39, 0.29) is 5.41 Å². The second-order valence-corrected chi connectivity index (χ2v) is 14.8. The van der Waals surface area contributed by atoms with Gasteiger partial charge < -0.3 is 0 Å². The first kappa shape index (κ1) is 28.6. The number of hydrogen-bond acceptors (Lipinski definition) is 0. The van der Waals surface area contributed by atoms with E-state index < -0.39 is 0 Å². The molecular formula is C51H34. The highest BCUT2D eigenvalue weighted by molar-refractivity contribution is 6.27. The fourth-order valence-electron chi connectivity index (χ4n) is 9.60. The van der Waals surface area contributed by atoms with Crippen molar-refractivity contribution in [3.05, 3.63) is 181 Å². The van der Waals surface area contributed by atoms with E-state index in [0.717, 1.165) is 0 Å². The molecule has 1 aliphatic rings. The van der Waals surface area contributed by atoms with Crippen LogP contribution in [0.1, 0.15) is 25.0 Å². The Morgan fingerprint density at radius 3 is 1.35 bits per heavy atom. The van der Waals surface area contributed by atoms with Crippen LogP contribution in [0.25, 0.3) is 98.0 Å². The summed E-state index contributed by atoms with van der Waals surface area (Å²) in [7, 11) is 0. The molecule has 1 aliphatic carbocycles. The molecule has 0 heteroatoms. The molecule has 10 aromatic rings. The highest BCUT2D eigenvalue weighted by Gasteiger charge is 2.40. The van der Waals surface area contributed by atoms with E-state index in [1.54, 1.807) is 0 Å². The van der Waals surface area contributed by atoms with E-state index in [1.165, 1.54) is 109 Å². The van der Waals surface area contributed by atoms with E-state index in [0.29, 0.717) is 0 Å². The van der Waals surface area contributed by atoms with Crippen LogP contribution >= 0.6 is 0 Å². The van der Waals surface area contributed by atoms with Crippen molar-refractivity contribution in [2.24, 2.45) is 0 Å². The highest BCUT2D eigenvalue weighted by atomic mass is 14.4. The van der Waals surface area contributed by atoms with Crippen molar-refractivity contribution in [3.8, 4) is 33.4 Å².